The second-order valence-corrected chi connectivity index (χ2v) is 6.41. The van der Waals surface area contributed by atoms with Crippen LogP contribution >= 0.6 is 0 Å². The molecule has 1 fully saturated rings. The summed E-state index contributed by atoms with van der Waals surface area (Å²) in [5, 5.41) is 0. The van der Waals surface area contributed by atoms with Gasteiger partial charge in [-0.2, -0.15) is 12.7 Å². The predicted molar refractivity (Wildman–Crippen MR) is 70.9 cm³/mol. The molecule has 1 N–H and O–H groups in total. The molecule has 8 heteroatoms. The van der Waals surface area contributed by atoms with Crippen molar-refractivity contribution >= 4 is 16.1 Å². The number of hydrazine groups is 1. The number of hydrogen-bond donors (Lipinski definition) is 1. The Balaban J connectivity index is 2.14. The largest absolute Gasteiger partial charge is 0.299 e. The lowest BCUT2D eigenvalue weighted by Crippen LogP contribution is -2.55. The SMILES string of the molecule is CC(=O)NN1CCCN(Cc2ccc(F)cc2)S1(=O)=O. The van der Waals surface area contributed by atoms with E-state index in [1.54, 1.807) is 12.1 Å². The lowest BCUT2D eigenvalue weighted by Gasteiger charge is -2.34. The number of halogens is 1. The molecule has 0 radical (unpaired) electrons. The number of nitrogens with zero attached hydrogens (tertiary/aromatic N) is 2. The van der Waals surface area contributed by atoms with Crippen LogP contribution < -0.4 is 5.43 Å². The summed E-state index contributed by atoms with van der Waals surface area (Å²) in [5.41, 5.74) is 3.00. The molecule has 0 aliphatic carbocycles. The van der Waals surface area contributed by atoms with E-state index in [2.05, 4.69) is 5.43 Å². The highest BCUT2D eigenvalue weighted by Gasteiger charge is 2.34. The lowest BCUT2D eigenvalue weighted by atomic mass is 10.2. The second-order valence-electron chi connectivity index (χ2n) is 4.56. The third-order valence-corrected chi connectivity index (χ3v) is 4.72. The van der Waals surface area contributed by atoms with Crippen LogP contribution in [-0.2, 0) is 21.5 Å². The monoisotopic (exact) mass is 301 g/mol. The zero-order valence-electron chi connectivity index (χ0n) is 11.0. The molecule has 0 unspecified atom stereocenters. The van der Waals surface area contributed by atoms with Crippen molar-refractivity contribution in [1.29, 1.82) is 0 Å². The molecule has 1 aromatic rings. The van der Waals surface area contributed by atoms with Crippen LogP contribution in [0.1, 0.15) is 18.9 Å². The Bertz CT molecular complexity index is 588. The zero-order chi connectivity index (χ0) is 14.8. The molecule has 1 aliphatic rings. The van der Waals surface area contributed by atoms with Crippen molar-refractivity contribution in [3.63, 3.8) is 0 Å². The van der Waals surface area contributed by atoms with Gasteiger partial charge >= 0.3 is 0 Å². The van der Waals surface area contributed by atoms with Gasteiger partial charge in [0.05, 0.1) is 0 Å². The summed E-state index contributed by atoms with van der Waals surface area (Å²) < 4.78 is 39.6. The van der Waals surface area contributed by atoms with Crippen LogP contribution in [0.25, 0.3) is 0 Å². The summed E-state index contributed by atoms with van der Waals surface area (Å²) in [7, 11) is -3.73. The number of carbonyl (C=O) groups excluding carboxylic acids is 1. The number of amides is 1. The lowest BCUT2D eigenvalue weighted by molar-refractivity contribution is -0.122. The molecule has 0 saturated carbocycles. The van der Waals surface area contributed by atoms with E-state index in [0.717, 1.165) is 4.41 Å². The predicted octanol–water partition coefficient (Wildman–Crippen LogP) is 0.629. The molecule has 1 amide bonds. The number of carbonyl (C=O) groups is 1. The van der Waals surface area contributed by atoms with Gasteiger partial charge in [0.15, 0.2) is 0 Å². The van der Waals surface area contributed by atoms with Crippen molar-refractivity contribution in [2.75, 3.05) is 13.1 Å². The fourth-order valence-corrected chi connectivity index (χ4v) is 3.56. The minimum atomic E-state index is -3.73. The zero-order valence-corrected chi connectivity index (χ0v) is 11.9. The summed E-state index contributed by atoms with van der Waals surface area (Å²) in [6.45, 7) is 2.03. The van der Waals surface area contributed by atoms with Crippen LogP contribution in [0.15, 0.2) is 24.3 Å². The maximum Gasteiger partial charge on any atom is 0.299 e. The molecule has 0 aromatic heterocycles. The van der Waals surface area contributed by atoms with Gasteiger partial charge < -0.3 is 0 Å². The Morgan fingerprint density at radius 3 is 2.55 bits per heavy atom. The van der Waals surface area contributed by atoms with Gasteiger partial charge in [-0.15, -0.1) is 4.41 Å². The minimum absolute atomic E-state index is 0.151. The summed E-state index contributed by atoms with van der Waals surface area (Å²) in [5.74, 6) is -0.799. The summed E-state index contributed by atoms with van der Waals surface area (Å²) in [4.78, 5) is 11.0. The molecule has 20 heavy (non-hydrogen) atoms. The van der Waals surface area contributed by atoms with Crippen LogP contribution in [0, 0.1) is 5.82 Å². The first-order valence-corrected chi connectivity index (χ1v) is 7.59. The van der Waals surface area contributed by atoms with Crippen LogP contribution in [0.2, 0.25) is 0 Å². The summed E-state index contributed by atoms with van der Waals surface area (Å²) in [6.07, 6.45) is 0.612. The van der Waals surface area contributed by atoms with Crippen molar-refractivity contribution < 1.29 is 17.6 Å². The van der Waals surface area contributed by atoms with E-state index in [0.29, 0.717) is 18.5 Å². The van der Waals surface area contributed by atoms with E-state index in [9.17, 15) is 17.6 Å². The second kappa shape index (κ2) is 5.86. The van der Waals surface area contributed by atoms with Gasteiger partial charge in [0.2, 0.25) is 5.91 Å². The quantitative estimate of drug-likeness (QED) is 0.890. The van der Waals surface area contributed by atoms with Crippen molar-refractivity contribution in [1.82, 2.24) is 14.1 Å². The van der Waals surface area contributed by atoms with Crippen LogP contribution in [-0.4, -0.2) is 36.1 Å². The first-order chi connectivity index (χ1) is 9.39. The van der Waals surface area contributed by atoms with E-state index in [4.69, 9.17) is 0 Å². The molecule has 1 aliphatic heterocycles. The standard InChI is InChI=1S/C12H16FN3O3S/c1-10(17)14-16-8-2-7-15(20(16,18)19)9-11-3-5-12(13)6-4-11/h3-6H,2,7-9H2,1H3,(H,14,17). The average Bonchev–Trinajstić information content (AvgIpc) is 2.36. The first kappa shape index (κ1) is 14.9. The number of benzene rings is 1. The molecule has 110 valence electrons. The topological polar surface area (TPSA) is 69.7 Å². The van der Waals surface area contributed by atoms with Gasteiger partial charge in [0.25, 0.3) is 10.2 Å². The van der Waals surface area contributed by atoms with Crippen LogP contribution in [0.3, 0.4) is 0 Å². The molecule has 1 saturated heterocycles. The Labute approximate surface area is 117 Å². The van der Waals surface area contributed by atoms with Gasteiger partial charge in [-0.05, 0) is 24.1 Å². The number of nitrogens with one attached hydrogen (secondary N) is 1. The Kier molecular flexibility index (Phi) is 4.36. The van der Waals surface area contributed by atoms with E-state index in [-0.39, 0.29) is 18.9 Å². The van der Waals surface area contributed by atoms with Gasteiger partial charge in [-0.3, -0.25) is 10.2 Å². The van der Waals surface area contributed by atoms with Crippen molar-refractivity contribution in [2.24, 2.45) is 0 Å². The smallest absolute Gasteiger partial charge is 0.275 e. The fourth-order valence-electron chi connectivity index (χ4n) is 2.00. The first-order valence-electron chi connectivity index (χ1n) is 6.19. The van der Waals surface area contributed by atoms with Gasteiger partial charge in [0, 0.05) is 26.6 Å². The highest BCUT2D eigenvalue weighted by Crippen LogP contribution is 2.17. The fraction of sp³-hybridized carbons (Fsp3) is 0.417. The van der Waals surface area contributed by atoms with Crippen LogP contribution in [0.4, 0.5) is 4.39 Å². The van der Waals surface area contributed by atoms with Crippen molar-refractivity contribution in [3.05, 3.63) is 35.6 Å². The van der Waals surface area contributed by atoms with Gasteiger partial charge in [-0.1, -0.05) is 12.1 Å². The Morgan fingerprint density at radius 2 is 1.95 bits per heavy atom. The third-order valence-electron chi connectivity index (χ3n) is 2.93. The molecule has 0 bridgehead atoms. The van der Waals surface area contributed by atoms with Crippen molar-refractivity contribution in [3.8, 4) is 0 Å². The molecule has 2 rings (SSSR count). The maximum atomic E-state index is 12.8. The summed E-state index contributed by atoms with van der Waals surface area (Å²) >= 11 is 0. The van der Waals surface area contributed by atoms with Gasteiger partial charge in [0.1, 0.15) is 5.82 Å². The number of rotatable bonds is 3. The molecular formula is C12H16FN3O3S. The third kappa shape index (κ3) is 3.33. The molecular weight excluding hydrogens is 285 g/mol. The normalized spacial score (nSPS) is 19.7. The van der Waals surface area contributed by atoms with E-state index in [1.165, 1.54) is 23.4 Å². The highest BCUT2D eigenvalue weighted by molar-refractivity contribution is 7.86. The molecule has 1 aromatic carbocycles. The molecule has 1 heterocycles. The highest BCUT2D eigenvalue weighted by atomic mass is 32.2. The summed E-state index contributed by atoms with van der Waals surface area (Å²) in [6, 6.07) is 5.67. The Morgan fingerprint density at radius 1 is 1.30 bits per heavy atom. The molecule has 0 spiro atoms. The Hall–Kier alpha value is -1.51. The maximum absolute atomic E-state index is 12.8. The number of hydrogen-bond acceptors (Lipinski definition) is 3. The minimum Gasteiger partial charge on any atom is -0.275 e. The average molecular weight is 301 g/mol. The molecule has 0 atom stereocenters. The van der Waals surface area contributed by atoms with E-state index >= 15 is 0 Å². The van der Waals surface area contributed by atoms with Gasteiger partial charge in [-0.25, -0.2) is 4.39 Å². The molecule has 6 nitrogen and oxygen atoms in total. The van der Waals surface area contributed by atoms with E-state index in [1.807, 2.05) is 0 Å². The van der Waals surface area contributed by atoms with Crippen molar-refractivity contribution in [2.45, 2.75) is 19.9 Å². The van der Waals surface area contributed by atoms with Crippen LogP contribution in [0.5, 0.6) is 0 Å². The van der Waals surface area contributed by atoms with E-state index < -0.39 is 16.1 Å².